The molecule has 0 saturated carbocycles. The molecule has 22 heavy (non-hydrogen) atoms. The van der Waals surface area contributed by atoms with Crippen molar-refractivity contribution in [1.82, 2.24) is 10.2 Å². The van der Waals surface area contributed by atoms with E-state index in [0.717, 1.165) is 4.88 Å². The van der Waals surface area contributed by atoms with Crippen LogP contribution in [0.2, 0.25) is 0 Å². The number of hydrogen-bond donors (Lipinski definition) is 1. The van der Waals surface area contributed by atoms with Crippen molar-refractivity contribution in [3.8, 4) is 0 Å². The van der Waals surface area contributed by atoms with Crippen LogP contribution in [0.4, 0.5) is 0 Å². The average molecular weight is 342 g/mol. The molecule has 0 aliphatic carbocycles. The summed E-state index contributed by atoms with van der Waals surface area (Å²) in [5, 5.41) is 4.79. The molecular weight excluding hydrogens is 320 g/mol. The summed E-state index contributed by atoms with van der Waals surface area (Å²) < 4.78 is 11.7. The van der Waals surface area contributed by atoms with Gasteiger partial charge in [-0.2, -0.15) is 0 Å². The molecule has 122 valence electrons. The molecule has 0 bridgehead atoms. The highest BCUT2D eigenvalue weighted by atomic mass is 32.2. The minimum atomic E-state index is -0.838. The molecule has 2 amide bonds. The van der Waals surface area contributed by atoms with Crippen LogP contribution in [0.25, 0.3) is 0 Å². The summed E-state index contributed by atoms with van der Waals surface area (Å²) in [6.07, 6.45) is 0.249. The number of thiophene rings is 1. The summed E-state index contributed by atoms with van der Waals surface area (Å²) in [6.45, 7) is 4.66. The van der Waals surface area contributed by atoms with E-state index in [1.165, 1.54) is 18.3 Å². The average Bonchev–Trinajstić information content (AvgIpc) is 2.90. The molecule has 7 heteroatoms. The summed E-state index contributed by atoms with van der Waals surface area (Å²) in [5.74, 6) is 1.31. The van der Waals surface area contributed by atoms with Gasteiger partial charge in [-0.25, -0.2) is 0 Å². The van der Waals surface area contributed by atoms with E-state index in [9.17, 15) is 13.8 Å². The Labute approximate surface area is 137 Å². The van der Waals surface area contributed by atoms with Gasteiger partial charge in [-0.05, 0) is 17.4 Å². The number of amides is 2. The first-order valence-electron chi connectivity index (χ1n) is 7.39. The van der Waals surface area contributed by atoms with Crippen molar-refractivity contribution in [2.24, 2.45) is 5.92 Å². The van der Waals surface area contributed by atoms with Gasteiger partial charge >= 0.3 is 0 Å². The Kier molecular flexibility index (Phi) is 6.14. The van der Waals surface area contributed by atoms with Crippen LogP contribution < -0.4 is 5.32 Å². The quantitative estimate of drug-likeness (QED) is 0.903. The smallest absolute Gasteiger partial charge is 0.225 e. The lowest BCUT2D eigenvalue weighted by molar-refractivity contribution is -0.132. The molecule has 1 N–H and O–H groups in total. The molecule has 3 unspecified atom stereocenters. The Balaban J connectivity index is 2.04. The fraction of sp³-hybridized carbons (Fsp3) is 0.600. The summed E-state index contributed by atoms with van der Waals surface area (Å²) in [4.78, 5) is 26.7. The zero-order valence-corrected chi connectivity index (χ0v) is 14.5. The molecule has 0 spiro atoms. The predicted molar refractivity (Wildman–Crippen MR) is 89.1 cm³/mol. The molecule has 1 saturated heterocycles. The van der Waals surface area contributed by atoms with E-state index in [1.807, 2.05) is 24.4 Å². The van der Waals surface area contributed by atoms with Gasteiger partial charge in [0.25, 0.3) is 0 Å². The second-order valence-electron chi connectivity index (χ2n) is 5.73. The van der Waals surface area contributed by atoms with E-state index < -0.39 is 10.8 Å². The Hall–Kier alpha value is -1.21. The lowest BCUT2D eigenvalue weighted by Gasteiger charge is -2.25. The number of hydrogen-bond acceptors (Lipinski definition) is 4. The molecule has 5 nitrogen and oxygen atoms in total. The number of nitrogens with zero attached hydrogens (tertiary/aromatic N) is 1. The molecule has 3 atom stereocenters. The van der Waals surface area contributed by atoms with Crippen LogP contribution in [0.5, 0.6) is 0 Å². The first kappa shape index (κ1) is 17.1. The lowest BCUT2D eigenvalue weighted by atomic mass is 10.1. The normalized spacial score (nSPS) is 23.6. The van der Waals surface area contributed by atoms with Crippen LogP contribution in [-0.4, -0.2) is 45.5 Å². The van der Waals surface area contributed by atoms with Gasteiger partial charge in [-0.1, -0.05) is 13.0 Å². The zero-order chi connectivity index (χ0) is 16.1. The highest BCUT2D eigenvalue weighted by Crippen LogP contribution is 2.23. The van der Waals surface area contributed by atoms with Crippen LogP contribution in [0.1, 0.15) is 31.2 Å². The molecule has 1 aliphatic heterocycles. The van der Waals surface area contributed by atoms with E-state index in [1.54, 1.807) is 4.90 Å². The minimum Gasteiger partial charge on any atom is -0.348 e. The van der Waals surface area contributed by atoms with Crippen LogP contribution in [0.3, 0.4) is 0 Å². The monoisotopic (exact) mass is 342 g/mol. The highest BCUT2D eigenvalue weighted by Gasteiger charge is 2.26. The van der Waals surface area contributed by atoms with Crippen molar-refractivity contribution in [1.29, 1.82) is 0 Å². The fourth-order valence-electron chi connectivity index (χ4n) is 2.62. The predicted octanol–water partition coefficient (Wildman–Crippen LogP) is 1.54. The number of nitrogens with one attached hydrogen (secondary N) is 1. The van der Waals surface area contributed by atoms with Gasteiger partial charge in [0.15, 0.2) is 0 Å². The van der Waals surface area contributed by atoms with Crippen LogP contribution in [0.15, 0.2) is 17.5 Å². The van der Waals surface area contributed by atoms with E-state index >= 15 is 0 Å². The third kappa shape index (κ3) is 4.91. The molecule has 2 rings (SSSR count). The first-order chi connectivity index (χ1) is 10.5. The van der Waals surface area contributed by atoms with E-state index in [-0.39, 0.29) is 30.2 Å². The molecule has 0 aromatic carbocycles. The Morgan fingerprint density at radius 3 is 2.95 bits per heavy atom. The maximum absolute atomic E-state index is 12.6. The standard InChI is InChI=1S/C15H22N2O3S2/c1-11-9-17(5-7-22(20)10-11)15(19)8-13(16-12(2)18)14-4-3-6-21-14/h3-4,6,11,13H,5,7-10H2,1-2H3,(H,16,18). The molecular formula is C15H22N2O3S2. The Bertz CT molecular complexity index is 545. The second-order valence-corrected chi connectivity index (χ2v) is 8.33. The maximum atomic E-state index is 12.6. The third-order valence-corrected chi connectivity index (χ3v) is 6.15. The van der Waals surface area contributed by atoms with Gasteiger partial charge in [-0.3, -0.25) is 13.8 Å². The molecule has 1 aliphatic rings. The molecule has 0 radical (unpaired) electrons. The zero-order valence-electron chi connectivity index (χ0n) is 12.9. The van der Waals surface area contributed by atoms with E-state index in [4.69, 9.17) is 0 Å². The summed E-state index contributed by atoms with van der Waals surface area (Å²) >= 11 is 1.53. The van der Waals surface area contributed by atoms with Crippen molar-refractivity contribution in [3.05, 3.63) is 22.4 Å². The van der Waals surface area contributed by atoms with Crippen molar-refractivity contribution in [3.63, 3.8) is 0 Å². The van der Waals surface area contributed by atoms with Crippen molar-refractivity contribution < 1.29 is 13.8 Å². The summed E-state index contributed by atoms with van der Waals surface area (Å²) in [6, 6.07) is 3.56. The van der Waals surface area contributed by atoms with Crippen molar-refractivity contribution in [2.45, 2.75) is 26.3 Å². The van der Waals surface area contributed by atoms with Gasteiger partial charge in [0.2, 0.25) is 11.8 Å². The lowest BCUT2D eigenvalue weighted by Crippen LogP contribution is -2.38. The van der Waals surface area contributed by atoms with Gasteiger partial charge in [0.1, 0.15) is 0 Å². The van der Waals surface area contributed by atoms with Crippen LogP contribution >= 0.6 is 11.3 Å². The summed E-state index contributed by atoms with van der Waals surface area (Å²) in [5.41, 5.74) is 0. The molecule has 1 aromatic rings. The van der Waals surface area contributed by atoms with Gasteiger partial charge in [0.05, 0.1) is 12.5 Å². The molecule has 1 aromatic heterocycles. The maximum Gasteiger partial charge on any atom is 0.225 e. The van der Waals surface area contributed by atoms with Gasteiger partial charge in [-0.15, -0.1) is 11.3 Å². The first-order valence-corrected chi connectivity index (χ1v) is 9.75. The molecule has 2 heterocycles. The van der Waals surface area contributed by atoms with Crippen molar-refractivity contribution >= 4 is 34.0 Å². The number of carbonyl (C=O) groups is 2. The fourth-order valence-corrected chi connectivity index (χ4v) is 4.73. The Morgan fingerprint density at radius 2 is 2.32 bits per heavy atom. The SMILES string of the molecule is CC(=O)NC(CC(=O)N1CCS(=O)CC(C)C1)c1cccs1. The van der Waals surface area contributed by atoms with E-state index in [0.29, 0.717) is 24.6 Å². The number of rotatable bonds is 4. The summed E-state index contributed by atoms with van der Waals surface area (Å²) in [7, 11) is -0.838. The van der Waals surface area contributed by atoms with Crippen LogP contribution in [-0.2, 0) is 20.4 Å². The van der Waals surface area contributed by atoms with Crippen LogP contribution in [0, 0.1) is 5.92 Å². The Morgan fingerprint density at radius 1 is 1.55 bits per heavy atom. The minimum absolute atomic E-state index is 0.0119. The van der Waals surface area contributed by atoms with Gasteiger partial charge in [0, 0.05) is 47.2 Å². The van der Waals surface area contributed by atoms with E-state index in [2.05, 4.69) is 5.32 Å². The molecule has 1 fully saturated rings. The van der Waals surface area contributed by atoms with Gasteiger partial charge < -0.3 is 10.2 Å². The third-order valence-electron chi connectivity index (χ3n) is 3.59. The number of carbonyl (C=O) groups excluding carboxylic acids is 2. The second kappa shape index (κ2) is 7.87. The topological polar surface area (TPSA) is 66.5 Å². The van der Waals surface area contributed by atoms with Crippen molar-refractivity contribution in [2.75, 3.05) is 24.6 Å². The highest BCUT2D eigenvalue weighted by molar-refractivity contribution is 7.85. The largest absolute Gasteiger partial charge is 0.348 e.